The maximum absolute atomic E-state index is 14.0. The lowest BCUT2D eigenvalue weighted by molar-refractivity contribution is 0.0701. The zero-order valence-corrected chi connectivity index (χ0v) is 18.6. The second kappa shape index (κ2) is 8.26. The Balaban J connectivity index is 1.78. The lowest BCUT2D eigenvalue weighted by Gasteiger charge is -2.25. The van der Waals surface area contributed by atoms with E-state index in [0.29, 0.717) is 28.6 Å². The first-order valence-electron chi connectivity index (χ1n) is 10.4. The Morgan fingerprint density at radius 3 is 2.35 bits per heavy atom. The molecule has 4 aromatic rings. The number of benzene rings is 2. The number of halogens is 1. The van der Waals surface area contributed by atoms with Crippen molar-refractivity contribution in [3.05, 3.63) is 87.4 Å². The van der Waals surface area contributed by atoms with E-state index < -0.39 is 23.2 Å². The van der Waals surface area contributed by atoms with Gasteiger partial charge in [0, 0.05) is 0 Å². The quantitative estimate of drug-likeness (QED) is 0.419. The molecule has 34 heavy (non-hydrogen) atoms. The van der Waals surface area contributed by atoms with Crippen molar-refractivity contribution in [2.45, 2.75) is 12.6 Å². The van der Waals surface area contributed by atoms with Crippen LogP contribution in [0.15, 0.2) is 62.4 Å². The molecule has 1 amide bonds. The van der Waals surface area contributed by atoms with Crippen molar-refractivity contribution in [2.75, 3.05) is 21.3 Å². The number of furan rings is 1. The molecule has 3 heterocycles. The van der Waals surface area contributed by atoms with Crippen molar-refractivity contribution < 1.29 is 32.2 Å². The fourth-order valence-corrected chi connectivity index (χ4v) is 4.33. The number of hydrogen-bond donors (Lipinski definition) is 0. The molecule has 2 aromatic carbocycles. The van der Waals surface area contributed by atoms with Gasteiger partial charge in [0.05, 0.1) is 51.1 Å². The van der Waals surface area contributed by atoms with Gasteiger partial charge in [-0.1, -0.05) is 0 Å². The molecule has 0 unspecified atom stereocenters. The van der Waals surface area contributed by atoms with E-state index in [1.54, 1.807) is 24.3 Å². The zero-order chi connectivity index (χ0) is 24.0. The molecule has 0 N–H and O–H groups in total. The number of ether oxygens (including phenoxy) is 3. The van der Waals surface area contributed by atoms with Crippen molar-refractivity contribution in [1.82, 2.24) is 4.90 Å². The Morgan fingerprint density at radius 1 is 1.00 bits per heavy atom. The van der Waals surface area contributed by atoms with Crippen molar-refractivity contribution in [1.29, 1.82) is 0 Å². The van der Waals surface area contributed by atoms with Crippen LogP contribution in [0.3, 0.4) is 0 Å². The highest BCUT2D eigenvalue weighted by Gasteiger charge is 2.43. The molecule has 0 radical (unpaired) electrons. The number of hydrogen-bond acceptors (Lipinski definition) is 7. The number of methoxy groups -OCH3 is 3. The molecule has 174 valence electrons. The molecule has 0 aliphatic carbocycles. The predicted molar refractivity (Wildman–Crippen MR) is 119 cm³/mol. The normalized spacial score (nSPS) is 15.0. The number of carbonyl (C=O) groups is 1. The van der Waals surface area contributed by atoms with Gasteiger partial charge in [0.2, 0.25) is 11.5 Å². The third kappa shape index (κ3) is 3.28. The summed E-state index contributed by atoms with van der Waals surface area (Å²) in [6.45, 7) is 0.0709. The summed E-state index contributed by atoms with van der Waals surface area (Å²) in [5.41, 5.74) is 0.256. The molecule has 1 aliphatic heterocycles. The zero-order valence-electron chi connectivity index (χ0n) is 18.6. The minimum Gasteiger partial charge on any atom is -0.493 e. The molecule has 1 atom stereocenters. The van der Waals surface area contributed by atoms with Crippen LogP contribution in [-0.4, -0.2) is 32.1 Å². The molecular weight excluding hydrogens is 445 g/mol. The molecule has 2 aromatic heterocycles. The summed E-state index contributed by atoms with van der Waals surface area (Å²) in [5, 5.41) is 0.0452. The van der Waals surface area contributed by atoms with E-state index >= 15 is 0 Å². The Labute approximate surface area is 193 Å². The smallest absolute Gasteiger partial charge is 0.291 e. The second-order valence-corrected chi connectivity index (χ2v) is 7.69. The number of fused-ring (bicyclic) bond motifs is 2. The largest absolute Gasteiger partial charge is 0.493 e. The van der Waals surface area contributed by atoms with Gasteiger partial charge in [0.25, 0.3) is 5.91 Å². The molecule has 0 fully saturated rings. The minimum atomic E-state index is -0.870. The summed E-state index contributed by atoms with van der Waals surface area (Å²) >= 11 is 0. The van der Waals surface area contributed by atoms with Gasteiger partial charge in [0.1, 0.15) is 17.2 Å². The van der Waals surface area contributed by atoms with Crippen molar-refractivity contribution in [3.63, 3.8) is 0 Å². The van der Waals surface area contributed by atoms with E-state index in [9.17, 15) is 14.0 Å². The Bertz CT molecular complexity index is 1430. The van der Waals surface area contributed by atoms with E-state index in [1.807, 2.05) is 0 Å². The average Bonchev–Trinajstić information content (AvgIpc) is 3.46. The number of amides is 1. The maximum atomic E-state index is 14.0. The molecule has 8 nitrogen and oxygen atoms in total. The predicted octanol–water partition coefficient (Wildman–Crippen LogP) is 4.30. The van der Waals surface area contributed by atoms with Crippen molar-refractivity contribution in [2.24, 2.45) is 0 Å². The summed E-state index contributed by atoms with van der Waals surface area (Å²) in [6, 6.07) is 9.51. The molecule has 0 saturated heterocycles. The fraction of sp³-hybridized carbons (Fsp3) is 0.200. The van der Waals surface area contributed by atoms with Gasteiger partial charge in [-0.25, -0.2) is 4.39 Å². The minimum absolute atomic E-state index is 0.0452. The summed E-state index contributed by atoms with van der Waals surface area (Å²) < 4.78 is 41.6. The van der Waals surface area contributed by atoms with Gasteiger partial charge in [-0.3, -0.25) is 9.59 Å². The van der Waals surface area contributed by atoms with Gasteiger partial charge in [-0.2, -0.15) is 0 Å². The first-order valence-corrected chi connectivity index (χ1v) is 10.4. The van der Waals surface area contributed by atoms with E-state index in [2.05, 4.69) is 0 Å². The Hall–Kier alpha value is -4.27. The topological polar surface area (TPSA) is 91.4 Å². The van der Waals surface area contributed by atoms with Crippen LogP contribution in [-0.2, 0) is 6.54 Å². The van der Waals surface area contributed by atoms with Gasteiger partial charge in [0.15, 0.2) is 16.9 Å². The lowest BCUT2D eigenvalue weighted by Crippen LogP contribution is -2.29. The van der Waals surface area contributed by atoms with Crippen LogP contribution >= 0.6 is 0 Å². The molecule has 0 saturated carbocycles. The standard InChI is InChI=1S/C25H20FNO7/c1-30-18-9-13(10-19(31-2)23(18)32-3)21-20-22(28)16-11-14(26)6-7-17(16)34-24(20)25(29)27(21)12-15-5-4-8-33-15/h4-11,21H,12H2,1-3H3/t21-/m0/s1. The van der Waals surface area contributed by atoms with Crippen molar-refractivity contribution >= 4 is 16.9 Å². The molecule has 5 rings (SSSR count). The fourth-order valence-electron chi connectivity index (χ4n) is 4.33. The highest BCUT2D eigenvalue weighted by molar-refractivity contribution is 5.99. The monoisotopic (exact) mass is 465 g/mol. The van der Waals surface area contributed by atoms with Crippen LogP contribution in [0.2, 0.25) is 0 Å². The van der Waals surface area contributed by atoms with Crippen LogP contribution < -0.4 is 19.6 Å². The first kappa shape index (κ1) is 21.6. The van der Waals surface area contributed by atoms with Gasteiger partial charge in [-0.05, 0) is 48.0 Å². The second-order valence-electron chi connectivity index (χ2n) is 7.69. The van der Waals surface area contributed by atoms with Crippen LogP contribution in [0.5, 0.6) is 17.2 Å². The van der Waals surface area contributed by atoms with E-state index in [0.717, 1.165) is 6.07 Å². The highest BCUT2D eigenvalue weighted by Crippen LogP contribution is 2.45. The third-order valence-electron chi connectivity index (χ3n) is 5.84. The molecule has 9 heteroatoms. The SMILES string of the molecule is COc1cc([C@H]2c3c(oc4ccc(F)cc4c3=O)C(=O)N2Cc2ccco2)cc(OC)c1OC. The summed E-state index contributed by atoms with van der Waals surface area (Å²) in [4.78, 5) is 28.5. The lowest BCUT2D eigenvalue weighted by atomic mass is 9.97. The van der Waals surface area contributed by atoms with Crippen LogP contribution in [0.4, 0.5) is 4.39 Å². The Morgan fingerprint density at radius 2 is 1.74 bits per heavy atom. The van der Waals surface area contributed by atoms with E-state index in [-0.39, 0.29) is 28.8 Å². The number of carbonyl (C=O) groups excluding carboxylic acids is 1. The third-order valence-corrected chi connectivity index (χ3v) is 5.84. The molecule has 0 spiro atoms. The number of nitrogens with zero attached hydrogens (tertiary/aromatic N) is 1. The summed E-state index contributed by atoms with van der Waals surface area (Å²) in [6.07, 6.45) is 1.50. The highest BCUT2D eigenvalue weighted by atomic mass is 19.1. The average molecular weight is 465 g/mol. The van der Waals surface area contributed by atoms with E-state index in [1.165, 1.54) is 44.6 Å². The van der Waals surface area contributed by atoms with Crippen LogP contribution in [0.25, 0.3) is 11.0 Å². The Kier molecular flexibility index (Phi) is 5.24. The summed E-state index contributed by atoms with van der Waals surface area (Å²) in [5.74, 6) is 0.410. The molecule has 0 bridgehead atoms. The summed E-state index contributed by atoms with van der Waals surface area (Å²) in [7, 11) is 4.42. The van der Waals surface area contributed by atoms with Crippen LogP contribution in [0.1, 0.15) is 33.5 Å². The maximum Gasteiger partial charge on any atom is 0.291 e. The van der Waals surface area contributed by atoms with Crippen molar-refractivity contribution in [3.8, 4) is 17.2 Å². The van der Waals surface area contributed by atoms with Gasteiger partial charge >= 0.3 is 0 Å². The van der Waals surface area contributed by atoms with Crippen LogP contribution in [0, 0.1) is 5.82 Å². The molecule has 1 aliphatic rings. The van der Waals surface area contributed by atoms with E-state index in [4.69, 9.17) is 23.0 Å². The van der Waals surface area contributed by atoms with Gasteiger partial charge < -0.3 is 27.9 Å². The first-order chi connectivity index (χ1) is 16.5. The number of rotatable bonds is 6. The molecular formula is C25H20FNO7. The van der Waals surface area contributed by atoms with Gasteiger partial charge in [-0.15, -0.1) is 0 Å².